The van der Waals surface area contributed by atoms with Crippen molar-refractivity contribution in [2.45, 2.75) is 6.92 Å². The van der Waals surface area contributed by atoms with Gasteiger partial charge in [-0.2, -0.15) is 0 Å². The van der Waals surface area contributed by atoms with E-state index in [0.29, 0.717) is 22.6 Å². The quantitative estimate of drug-likeness (QED) is 0.630. The Hall–Kier alpha value is -2.62. The summed E-state index contributed by atoms with van der Waals surface area (Å²) in [6, 6.07) is 13.5. The van der Waals surface area contributed by atoms with Gasteiger partial charge < -0.3 is 9.47 Å². The molecular formula is C16H14O4. The third-order valence-electron chi connectivity index (χ3n) is 2.78. The molecule has 4 nitrogen and oxygen atoms in total. The number of para-hydroxylation sites is 1. The van der Waals surface area contributed by atoms with Gasteiger partial charge in [-0.25, -0.2) is 4.79 Å². The van der Waals surface area contributed by atoms with Crippen molar-refractivity contribution in [2.24, 2.45) is 0 Å². The lowest BCUT2D eigenvalue weighted by molar-refractivity contribution is 0.0598. The standard InChI is InChI=1S/C16H14O4/c1-11(17)12-7-9-13(10-8-12)20-15-6-4-3-5-14(15)16(18)19-2/h3-10H,1-2H3. The van der Waals surface area contributed by atoms with Gasteiger partial charge in [0.15, 0.2) is 5.78 Å². The van der Waals surface area contributed by atoms with E-state index in [9.17, 15) is 9.59 Å². The van der Waals surface area contributed by atoms with E-state index >= 15 is 0 Å². The predicted octanol–water partition coefficient (Wildman–Crippen LogP) is 3.47. The monoisotopic (exact) mass is 270 g/mol. The van der Waals surface area contributed by atoms with Crippen LogP contribution in [-0.4, -0.2) is 18.9 Å². The average molecular weight is 270 g/mol. The van der Waals surface area contributed by atoms with Crippen molar-refractivity contribution in [2.75, 3.05) is 7.11 Å². The highest BCUT2D eigenvalue weighted by Gasteiger charge is 2.12. The van der Waals surface area contributed by atoms with Crippen molar-refractivity contribution in [1.29, 1.82) is 0 Å². The maximum atomic E-state index is 11.6. The number of carbonyl (C=O) groups excluding carboxylic acids is 2. The molecule has 0 fully saturated rings. The van der Waals surface area contributed by atoms with E-state index in [-0.39, 0.29) is 5.78 Å². The van der Waals surface area contributed by atoms with Crippen LogP contribution in [0.2, 0.25) is 0 Å². The summed E-state index contributed by atoms with van der Waals surface area (Å²) < 4.78 is 10.4. The number of hydrogen-bond acceptors (Lipinski definition) is 4. The summed E-state index contributed by atoms with van der Waals surface area (Å²) in [6.45, 7) is 1.50. The second-order valence-corrected chi connectivity index (χ2v) is 4.17. The first-order chi connectivity index (χ1) is 9.61. The van der Waals surface area contributed by atoms with Crippen LogP contribution >= 0.6 is 0 Å². The molecule has 2 rings (SSSR count). The Morgan fingerprint density at radius 1 is 0.950 bits per heavy atom. The highest BCUT2D eigenvalue weighted by atomic mass is 16.5. The molecule has 0 radical (unpaired) electrons. The lowest BCUT2D eigenvalue weighted by Gasteiger charge is -2.09. The highest BCUT2D eigenvalue weighted by Crippen LogP contribution is 2.26. The van der Waals surface area contributed by atoms with Crippen LogP contribution < -0.4 is 4.74 Å². The topological polar surface area (TPSA) is 52.6 Å². The van der Waals surface area contributed by atoms with E-state index in [1.54, 1.807) is 48.5 Å². The lowest BCUT2D eigenvalue weighted by Crippen LogP contribution is -2.03. The zero-order valence-corrected chi connectivity index (χ0v) is 11.3. The van der Waals surface area contributed by atoms with Gasteiger partial charge in [0, 0.05) is 5.56 Å². The van der Waals surface area contributed by atoms with E-state index in [2.05, 4.69) is 0 Å². The molecule has 2 aromatic carbocycles. The van der Waals surface area contributed by atoms with Crippen molar-refractivity contribution in [3.05, 3.63) is 59.7 Å². The summed E-state index contributed by atoms with van der Waals surface area (Å²) in [5.41, 5.74) is 0.962. The summed E-state index contributed by atoms with van der Waals surface area (Å²) in [7, 11) is 1.32. The van der Waals surface area contributed by atoms with Crippen LogP contribution in [-0.2, 0) is 4.74 Å². The van der Waals surface area contributed by atoms with Gasteiger partial charge in [0.1, 0.15) is 17.1 Å². The molecule has 0 amide bonds. The molecule has 0 saturated carbocycles. The Morgan fingerprint density at radius 2 is 1.60 bits per heavy atom. The van der Waals surface area contributed by atoms with Gasteiger partial charge in [0.2, 0.25) is 0 Å². The first-order valence-corrected chi connectivity index (χ1v) is 6.08. The van der Waals surface area contributed by atoms with Crippen LogP contribution in [0.5, 0.6) is 11.5 Å². The second kappa shape index (κ2) is 6.02. The minimum atomic E-state index is -0.457. The summed E-state index contributed by atoms with van der Waals surface area (Å²) in [6.07, 6.45) is 0. The second-order valence-electron chi connectivity index (χ2n) is 4.17. The zero-order valence-electron chi connectivity index (χ0n) is 11.3. The normalized spacial score (nSPS) is 9.90. The molecule has 0 unspecified atom stereocenters. The molecule has 20 heavy (non-hydrogen) atoms. The van der Waals surface area contributed by atoms with E-state index in [1.807, 2.05) is 0 Å². The maximum absolute atomic E-state index is 11.6. The fourth-order valence-electron chi connectivity index (χ4n) is 1.72. The summed E-state index contributed by atoms with van der Waals surface area (Å²) >= 11 is 0. The molecule has 0 bridgehead atoms. The minimum Gasteiger partial charge on any atom is -0.465 e. The Labute approximate surface area is 116 Å². The van der Waals surface area contributed by atoms with Gasteiger partial charge in [0.25, 0.3) is 0 Å². The highest BCUT2D eigenvalue weighted by molar-refractivity contribution is 5.94. The van der Waals surface area contributed by atoms with Crippen molar-refractivity contribution in [3.8, 4) is 11.5 Å². The molecule has 4 heteroatoms. The smallest absolute Gasteiger partial charge is 0.341 e. The van der Waals surface area contributed by atoms with Crippen LogP contribution in [0, 0.1) is 0 Å². The average Bonchev–Trinajstić information content (AvgIpc) is 2.47. The molecular weight excluding hydrogens is 256 g/mol. The Morgan fingerprint density at radius 3 is 2.20 bits per heavy atom. The fourth-order valence-corrected chi connectivity index (χ4v) is 1.72. The molecule has 0 atom stereocenters. The number of ether oxygens (including phenoxy) is 2. The van der Waals surface area contributed by atoms with Crippen LogP contribution in [0.1, 0.15) is 27.6 Å². The lowest BCUT2D eigenvalue weighted by atomic mass is 10.1. The molecule has 0 aliphatic heterocycles. The number of esters is 1. The molecule has 0 N–H and O–H groups in total. The molecule has 0 aliphatic carbocycles. The van der Waals surface area contributed by atoms with Crippen molar-refractivity contribution in [3.63, 3.8) is 0 Å². The van der Waals surface area contributed by atoms with Gasteiger partial charge >= 0.3 is 5.97 Å². The SMILES string of the molecule is COC(=O)c1ccccc1Oc1ccc(C(C)=O)cc1. The summed E-state index contributed by atoms with van der Waals surface area (Å²) in [5, 5.41) is 0. The van der Waals surface area contributed by atoms with Crippen molar-refractivity contribution in [1.82, 2.24) is 0 Å². The van der Waals surface area contributed by atoms with Crippen LogP contribution in [0.3, 0.4) is 0 Å². The molecule has 0 aliphatic rings. The predicted molar refractivity (Wildman–Crippen MR) is 74.3 cm³/mol. The molecule has 2 aromatic rings. The number of carbonyl (C=O) groups is 2. The van der Waals surface area contributed by atoms with Gasteiger partial charge in [-0.1, -0.05) is 12.1 Å². The number of benzene rings is 2. The third kappa shape index (κ3) is 3.03. The van der Waals surface area contributed by atoms with Gasteiger partial charge in [-0.3, -0.25) is 4.79 Å². The van der Waals surface area contributed by atoms with Gasteiger partial charge in [0.05, 0.1) is 7.11 Å². The van der Waals surface area contributed by atoms with Gasteiger partial charge in [-0.15, -0.1) is 0 Å². The molecule has 0 aromatic heterocycles. The fraction of sp³-hybridized carbons (Fsp3) is 0.125. The van der Waals surface area contributed by atoms with Crippen LogP contribution in [0.4, 0.5) is 0 Å². The van der Waals surface area contributed by atoms with Crippen molar-refractivity contribution >= 4 is 11.8 Å². The van der Waals surface area contributed by atoms with Crippen molar-refractivity contribution < 1.29 is 19.1 Å². The molecule has 0 spiro atoms. The third-order valence-corrected chi connectivity index (χ3v) is 2.78. The number of ketones is 1. The van der Waals surface area contributed by atoms with E-state index in [4.69, 9.17) is 9.47 Å². The first kappa shape index (κ1) is 13.8. The first-order valence-electron chi connectivity index (χ1n) is 6.08. The van der Waals surface area contributed by atoms with Crippen LogP contribution in [0.15, 0.2) is 48.5 Å². The van der Waals surface area contributed by atoms with E-state index in [0.717, 1.165) is 0 Å². The molecule has 102 valence electrons. The largest absolute Gasteiger partial charge is 0.465 e. The zero-order chi connectivity index (χ0) is 14.5. The van der Waals surface area contributed by atoms with Gasteiger partial charge in [-0.05, 0) is 43.3 Å². The Bertz CT molecular complexity index is 629. The number of Topliss-reactive ketones (excluding diaryl/α,β-unsaturated/α-hetero) is 1. The maximum Gasteiger partial charge on any atom is 0.341 e. The number of hydrogen-bond donors (Lipinski definition) is 0. The number of rotatable bonds is 4. The van der Waals surface area contributed by atoms with E-state index < -0.39 is 5.97 Å². The molecule has 0 saturated heterocycles. The Balaban J connectivity index is 2.26. The summed E-state index contributed by atoms with van der Waals surface area (Å²) in [4.78, 5) is 22.8. The minimum absolute atomic E-state index is 0.00786. The van der Waals surface area contributed by atoms with Crippen LogP contribution in [0.25, 0.3) is 0 Å². The summed E-state index contributed by atoms with van der Waals surface area (Å²) in [5.74, 6) is 0.494. The Kier molecular flexibility index (Phi) is 4.15. The van der Waals surface area contributed by atoms with E-state index in [1.165, 1.54) is 14.0 Å². The molecule has 0 heterocycles. The number of methoxy groups -OCH3 is 1.